The highest BCUT2D eigenvalue weighted by Gasteiger charge is 2.20. The van der Waals surface area contributed by atoms with Crippen LogP contribution in [-0.4, -0.2) is 31.2 Å². The van der Waals surface area contributed by atoms with Crippen molar-refractivity contribution in [1.82, 2.24) is 24.6 Å². The first-order valence-corrected chi connectivity index (χ1v) is 7.61. The summed E-state index contributed by atoms with van der Waals surface area (Å²) in [6.45, 7) is 2.98. The molecular formula is C16H15F2N5O. The Kier molecular flexibility index (Phi) is 3.81. The zero-order valence-electron chi connectivity index (χ0n) is 12.8. The van der Waals surface area contributed by atoms with Crippen molar-refractivity contribution in [1.29, 1.82) is 0 Å². The molecular weight excluding hydrogens is 316 g/mol. The van der Waals surface area contributed by atoms with Crippen LogP contribution in [0.2, 0.25) is 0 Å². The lowest BCUT2D eigenvalue weighted by molar-refractivity contribution is 0.146. The number of alkyl halides is 2. The Hall–Kier alpha value is -2.61. The maximum Gasteiger partial charge on any atom is 0.280 e. The molecule has 0 aromatic carbocycles. The standard InChI is InChI=1S/C16H15F2N5O/c17-15(18)13-2-1-11(8-20-13)9-22-4-5-23-12(10-22)7-14(21-23)16-19-3-6-24-16/h1-3,6-8,15H,4-5,9-10H2. The SMILES string of the molecule is FC(F)c1ccc(CN2CCn3nc(-c4ncco4)cc3C2)cn1. The number of hydrogen-bond acceptors (Lipinski definition) is 5. The van der Waals surface area contributed by atoms with Crippen molar-refractivity contribution < 1.29 is 13.2 Å². The summed E-state index contributed by atoms with van der Waals surface area (Å²) in [7, 11) is 0. The van der Waals surface area contributed by atoms with Gasteiger partial charge in [0.25, 0.3) is 6.43 Å². The fourth-order valence-electron chi connectivity index (χ4n) is 2.83. The first-order chi connectivity index (χ1) is 11.7. The van der Waals surface area contributed by atoms with E-state index in [-0.39, 0.29) is 5.69 Å². The summed E-state index contributed by atoms with van der Waals surface area (Å²) in [6.07, 6.45) is 2.11. The van der Waals surface area contributed by atoms with Crippen LogP contribution in [0.4, 0.5) is 8.78 Å². The summed E-state index contributed by atoms with van der Waals surface area (Å²) < 4.78 is 32.3. The molecule has 0 unspecified atom stereocenters. The second-order valence-corrected chi connectivity index (χ2v) is 5.68. The molecule has 6 nitrogen and oxygen atoms in total. The normalized spacial score (nSPS) is 15.0. The summed E-state index contributed by atoms with van der Waals surface area (Å²) in [4.78, 5) is 10.2. The third-order valence-corrected chi connectivity index (χ3v) is 4.01. The number of nitrogens with zero attached hydrogens (tertiary/aromatic N) is 5. The van der Waals surface area contributed by atoms with Crippen molar-refractivity contribution in [2.24, 2.45) is 0 Å². The number of fused-ring (bicyclic) bond motifs is 1. The van der Waals surface area contributed by atoms with Gasteiger partial charge in [0.05, 0.1) is 18.4 Å². The minimum atomic E-state index is -2.53. The smallest absolute Gasteiger partial charge is 0.280 e. The predicted molar refractivity (Wildman–Crippen MR) is 81.0 cm³/mol. The summed E-state index contributed by atoms with van der Waals surface area (Å²) >= 11 is 0. The first kappa shape index (κ1) is 14.9. The van der Waals surface area contributed by atoms with Gasteiger partial charge in [0.1, 0.15) is 17.7 Å². The molecule has 8 heteroatoms. The monoisotopic (exact) mass is 331 g/mol. The highest BCUT2D eigenvalue weighted by atomic mass is 19.3. The van der Waals surface area contributed by atoms with Gasteiger partial charge in [-0.3, -0.25) is 14.6 Å². The molecule has 1 aliphatic heterocycles. The first-order valence-electron chi connectivity index (χ1n) is 7.61. The van der Waals surface area contributed by atoms with Gasteiger partial charge in [-0.15, -0.1) is 0 Å². The average molecular weight is 331 g/mol. The Balaban J connectivity index is 1.46. The van der Waals surface area contributed by atoms with Gasteiger partial charge in [0.15, 0.2) is 0 Å². The average Bonchev–Trinajstić information content (AvgIpc) is 3.24. The number of hydrogen-bond donors (Lipinski definition) is 0. The highest BCUT2D eigenvalue weighted by Crippen LogP contribution is 2.22. The molecule has 4 heterocycles. The molecule has 0 N–H and O–H groups in total. The van der Waals surface area contributed by atoms with Crippen LogP contribution in [0.15, 0.2) is 41.3 Å². The van der Waals surface area contributed by atoms with E-state index < -0.39 is 6.43 Å². The molecule has 0 bridgehead atoms. The predicted octanol–water partition coefficient (Wildman–Crippen LogP) is 2.89. The Labute approximate surface area is 136 Å². The van der Waals surface area contributed by atoms with E-state index in [4.69, 9.17) is 4.42 Å². The van der Waals surface area contributed by atoms with Crippen LogP contribution in [0.3, 0.4) is 0 Å². The fourth-order valence-corrected chi connectivity index (χ4v) is 2.83. The molecule has 3 aromatic rings. The summed E-state index contributed by atoms with van der Waals surface area (Å²) in [6, 6.07) is 5.06. The van der Waals surface area contributed by atoms with Crippen molar-refractivity contribution in [2.45, 2.75) is 26.1 Å². The highest BCUT2D eigenvalue weighted by molar-refractivity contribution is 5.47. The third kappa shape index (κ3) is 2.92. The molecule has 1 aliphatic rings. The number of rotatable bonds is 4. The van der Waals surface area contributed by atoms with Crippen LogP contribution >= 0.6 is 0 Å². The number of pyridine rings is 1. The minimum Gasteiger partial charge on any atom is -0.443 e. The van der Waals surface area contributed by atoms with Crippen LogP contribution < -0.4 is 0 Å². The lowest BCUT2D eigenvalue weighted by Crippen LogP contribution is -2.33. The van der Waals surface area contributed by atoms with Crippen molar-refractivity contribution in [3.05, 3.63) is 53.8 Å². The van der Waals surface area contributed by atoms with Crippen LogP contribution in [0.5, 0.6) is 0 Å². The molecule has 0 radical (unpaired) electrons. The second kappa shape index (κ2) is 6.12. The Morgan fingerprint density at radius 1 is 1.21 bits per heavy atom. The van der Waals surface area contributed by atoms with E-state index >= 15 is 0 Å². The van der Waals surface area contributed by atoms with E-state index in [0.29, 0.717) is 12.4 Å². The van der Waals surface area contributed by atoms with Gasteiger partial charge in [0, 0.05) is 25.8 Å². The molecule has 124 valence electrons. The summed E-state index contributed by atoms with van der Waals surface area (Å²) in [5, 5.41) is 4.50. The van der Waals surface area contributed by atoms with E-state index in [1.165, 1.54) is 18.5 Å². The van der Waals surface area contributed by atoms with Crippen LogP contribution in [-0.2, 0) is 19.6 Å². The van der Waals surface area contributed by atoms with Crippen molar-refractivity contribution in [2.75, 3.05) is 6.54 Å². The maximum absolute atomic E-state index is 12.5. The quantitative estimate of drug-likeness (QED) is 0.736. The van der Waals surface area contributed by atoms with Crippen molar-refractivity contribution >= 4 is 0 Å². The number of oxazole rings is 1. The van der Waals surface area contributed by atoms with E-state index in [0.717, 1.165) is 36.6 Å². The van der Waals surface area contributed by atoms with Crippen molar-refractivity contribution in [3.63, 3.8) is 0 Å². The van der Waals surface area contributed by atoms with E-state index in [9.17, 15) is 8.78 Å². The molecule has 0 spiro atoms. The molecule has 24 heavy (non-hydrogen) atoms. The second-order valence-electron chi connectivity index (χ2n) is 5.68. The van der Waals surface area contributed by atoms with Gasteiger partial charge in [-0.2, -0.15) is 5.10 Å². The van der Waals surface area contributed by atoms with Crippen LogP contribution in [0.1, 0.15) is 23.4 Å². The van der Waals surface area contributed by atoms with Gasteiger partial charge in [-0.05, 0) is 17.7 Å². The van der Waals surface area contributed by atoms with Crippen LogP contribution in [0, 0.1) is 0 Å². The van der Waals surface area contributed by atoms with Gasteiger partial charge in [0.2, 0.25) is 5.89 Å². The molecule has 0 fully saturated rings. The van der Waals surface area contributed by atoms with Gasteiger partial charge in [-0.25, -0.2) is 13.8 Å². The zero-order chi connectivity index (χ0) is 16.5. The lowest BCUT2D eigenvalue weighted by atomic mass is 10.2. The van der Waals surface area contributed by atoms with Gasteiger partial charge in [-0.1, -0.05) is 6.07 Å². The van der Waals surface area contributed by atoms with Gasteiger partial charge < -0.3 is 4.42 Å². The number of aromatic nitrogens is 4. The van der Waals surface area contributed by atoms with E-state index in [1.807, 2.05) is 10.7 Å². The lowest BCUT2D eigenvalue weighted by Gasteiger charge is -2.27. The van der Waals surface area contributed by atoms with Gasteiger partial charge >= 0.3 is 0 Å². The molecule has 0 saturated heterocycles. The maximum atomic E-state index is 12.5. The van der Waals surface area contributed by atoms with E-state index in [1.54, 1.807) is 12.3 Å². The fraction of sp³-hybridized carbons (Fsp3) is 0.312. The molecule has 3 aromatic heterocycles. The summed E-state index contributed by atoms with van der Waals surface area (Å²) in [5.74, 6) is 0.509. The minimum absolute atomic E-state index is 0.189. The molecule has 4 rings (SSSR count). The van der Waals surface area contributed by atoms with E-state index in [2.05, 4.69) is 20.0 Å². The van der Waals surface area contributed by atoms with Crippen LogP contribution in [0.25, 0.3) is 11.6 Å². The molecule has 0 amide bonds. The number of halogens is 2. The third-order valence-electron chi connectivity index (χ3n) is 4.01. The van der Waals surface area contributed by atoms with Crippen molar-refractivity contribution in [3.8, 4) is 11.6 Å². The Morgan fingerprint density at radius 3 is 2.83 bits per heavy atom. The largest absolute Gasteiger partial charge is 0.443 e. The topological polar surface area (TPSA) is 60.0 Å². The Morgan fingerprint density at radius 2 is 2.12 bits per heavy atom. The molecule has 0 aliphatic carbocycles. The molecule has 0 atom stereocenters. The molecule has 0 saturated carbocycles. The summed E-state index contributed by atoms with van der Waals surface area (Å²) in [5.41, 5.74) is 2.53. The zero-order valence-corrected chi connectivity index (χ0v) is 12.8. The Bertz CT molecular complexity index is 814.